The van der Waals surface area contributed by atoms with E-state index in [2.05, 4.69) is 11.7 Å². The second-order valence-corrected chi connectivity index (χ2v) is 1.29. The molecule has 0 aliphatic heterocycles. The summed E-state index contributed by atoms with van der Waals surface area (Å²) in [5, 5.41) is 0. The number of allylic oxidation sites excluding steroid dienone is 2. The zero-order valence-electron chi connectivity index (χ0n) is 4.95. The second kappa shape index (κ2) is 4.77. The van der Waals surface area contributed by atoms with Gasteiger partial charge in [0, 0.05) is 12.3 Å². The number of nitrogens with zero attached hydrogens (tertiary/aromatic N) is 1. The SMILES string of the molecule is C=N/C=C\C=C\C(N)=O. The molecule has 0 unspecified atom stereocenters. The van der Waals surface area contributed by atoms with E-state index in [-0.39, 0.29) is 0 Å². The monoisotopic (exact) mass is 124 g/mol. The molecule has 48 valence electrons. The fourth-order valence-corrected chi connectivity index (χ4v) is 0.261. The van der Waals surface area contributed by atoms with Crippen LogP contribution in [0.4, 0.5) is 0 Å². The summed E-state index contributed by atoms with van der Waals surface area (Å²) in [5.74, 6) is -0.469. The van der Waals surface area contributed by atoms with Gasteiger partial charge in [0.2, 0.25) is 5.91 Å². The standard InChI is InChI=1S/C6H8N2O/c1-8-5-3-2-4-6(7)9/h2-5H,1H2,(H2,7,9)/b4-2+,5-3-. The van der Waals surface area contributed by atoms with E-state index in [9.17, 15) is 4.79 Å². The molecular formula is C6H8N2O. The predicted octanol–water partition coefficient (Wildman–Crippen LogP) is 0.242. The van der Waals surface area contributed by atoms with Crippen molar-refractivity contribution in [2.45, 2.75) is 0 Å². The van der Waals surface area contributed by atoms with Gasteiger partial charge >= 0.3 is 0 Å². The van der Waals surface area contributed by atoms with Gasteiger partial charge in [-0.3, -0.25) is 9.79 Å². The van der Waals surface area contributed by atoms with Gasteiger partial charge in [0.25, 0.3) is 0 Å². The minimum Gasteiger partial charge on any atom is -0.366 e. The number of nitrogens with two attached hydrogens (primary N) is 1. The highest BCUT2D eigenvalue weighted by molar-refractivity contribution is 5.85. The zero-order chi connectivity index (χ0) is 7.11. The number of aliphatic imine (C=N–C) groups is 1. The van der Waals surface area contributed by atoms with Crippen LogP contribution in [0.25, 0.3) is 0 Å². The summed E-state index contributed by atoms with van der Waals surface area (Å²) in [5.41, 5.74) is 4.77. The van der Waals surface area contributed by atoms with Crippen LogP contribution in [0, 0.1) is 0 Å². The first-order valence-corrected chi connectivity index (χ1v) is 2.36. The quantitative estimate of drug-likeness (QED) is 0.327. The first-order chi connectivity index (χ1) is 4.27. The molecule has 0 fully saturated rings. The van der Waals surface area contributed by atoms with Crippen molar-refractivity contribution in [3.8, 4) is 0 Å². The summed E-state index contributed by atoms with van der Waals surface area (Å²) in [7, 11) is 0. The Morgan fingerprint density at radius 3 is 2.67 bits per heavy atom. The first kappa shape index (κ1) is 7.62. The van der Waals surface area contributed by atoms with Crippen LogP contribution in [0.1, 0.15) is 0 Å². The lowest BCUT2D eigenvalue weighted by Crippen LogP contribution is -2.04. The van der Waals surface area contributed by atoms with Crippen molar-refractivity contribution in [3.05, 3.63) is 24.4 Å². The first-order valence-electron chi connectivity index (χ1n) is 2.36. The van der Waals surface area contributed by atoms with Crippen molar-refractivity contribution in [3.63, 3.8) is 0 Å². The van der Waals surface area contributed by atoms with E-state index >= 15 is 0 Å². The van der Waals surface area contributed by atoms with E-state index in [4.69, 9.17) is 5.73 Å². The third-order valence-corrected chi connectivity index (χ3v) is 0.563. The topological polar surface area (TPSA) is 55.4 Å². The molecule has 0 aromatic heterocycles. The Hall–Kier alpha value is -1.38. The number of hydrogen-bond donors (Lipinski definition) is 1. The summed E-state index contributed by atoms with van der Waals surface area (Å²) >= 11 is 0. The van der Waals surface area contributed by atoms with E-state index in [0.717, 1.165) is 0 Å². The van der Waals surface area contributed by atoms with Crippen LogP contribution in [-0.4, -0.2) is 12.6 Å². The van der Waals surface area contributed by atoms with Crippen LogP contribution in [0.2, 0.25) is 0 Å². The molecule has 0 rings (SSSR count). The Bertz CT molecular complexity index is 158. The number of amides is 1. The molecule has 0 aromatic rings. The zero-order valence-corrected chi connectivity index (χ0v) is 4.95. The van der Waals surface area contributed by atoms with Crippen LogP contribution < -0.4 is 5.73 Å². The van der Waals surface area contributed by atoms with E-state index in [1.165, 1.54) is 18.4 Å². The van der Waals surface area contributed by atoms with Crippen molar-refractivity contribution in [2.75, 3.05) is 0 Å². The molecule has 0 atom stereocenters. The molecule has 9 heavy (non-hydrogen) atoms. The van der Waals surface area contributed by atoms with Crippen LogP contribution in [-0.2, 0) is 4.79 Å². The summed E-state index contributed by atoms with van der Waals surface area (Å²) in [6, 6.07) is 0. The van der Waals surface area contributed by atoms with Gasteiger partial charge < -0.3 is 5.73 Å². The van der Waals surface area contributed by atoms with Crippen molar-refractivity contribution < 1.29 is 4.79 Å². The molecule has 3 heteroatoms. The highest BCUT2D eigenvalue weighted by Crippen LogP contribution is 1.75. The fraction of sp³-hybridized carbons (Fsp3) is 0. The van der Waals surface area contributed by atoms with Gasteiger partial charge in [-0.15, -0.1) is 0 Å². The molecule has 0 bridgehead atoms. The van der Waals surface area contributed by atoms with Gasteiger partial charge in [-0.25, -0.2) is 0 Å². The second-order valence-electron chi connectivity index (χ2n) is 1.29. The largest absolute Gasteiger partial charge is 0.366 e. The van der Waals surface area contributed by atoms with Gasteiger partial charge in [0.15, 0.2) is 0 Å². The minimum absolute atomic E-state index is 0.469. The van der Waals surface area contributed by atoms with Crippen molar-refractivity contribution in [1.29, 1.82) is 0 Å². The number of rotatable bonds is 3. The molecule has 0 heterocycles. The maximum atomic E-state index is 10.0. The fourth-order valence-electron chi connectivity index (χ4n) is 0.261. The third-order valence-electron chi connectivity index (χ3n) is 0.563. The van der Waals surface area contributed by atoms with Crippen LogP contribution in [0.5, 0.6) is 0 Å². The molecule has 3 nitrogen and oxygen atoms in total. The van der Waals surface area contributed by atoms with Crippen LogP contribution in [0.15, 0.2) is 29.4 Å². The number of hydrogen-bond acceptors (Lipinski definition) is 2. The van der Waals surface area contributed by atoms with E-state index in [1.54, 1.807) is 6.08 Å². The minimum atomic E-state index is -0.469. The lowest BCUT2D eigenvalue weighted by Gasteiger charge is -1.73. The molecule has 1 amide bonds. The highest BCUT2D eigenvalue weighted by atomic mass is 16.1. The summed E-state index contributed by atoms with van der Waals surface area (Å²) in [4.78, 5) is 13.4. The molecule has 0 aromatic carbocycles. The van der Waals surface area contributed by atoms with E-state index in [0.29, 0.717) is 0 Å². The molecule has 0 aliphatic rings. The lowest BCUT2D eigenvalue weighted by atomic mass is 10.5. The molecule has 2 N–H and O–H groups in total. The number of carbonyl (C=O) groups excluding carboxylic acids is 1. The Balaban J connectivity index is 3.59. The third kappa shape index (κ3) is 6.62. The van der Waals surface area contributed by atoms with Gasteiger partial charge in [0.1, 0.15) is 0 Å². The van der Waals surface area contributed by atoms with Gasteiger partial charge in [0.05, 0.1) is 0 Å². The molecule has 0 radical (unpaired) electrons. The smallest absolute Gasteiger partial charge is 0.241 e. The van der Waals surface area contributed by atoms with Gasteiger partial charge in [-0.05, 0) is 12.8 Å². The summed E-state index contributed by atoms with van der Waals surface area (Å²) in [6.45, 7) is 3.19. The summed E-state index contributed by atoms with van der Waals surface area (Å²) < 4.78 is 0. The van der Waals surface area contributed by atoms with E-state index < -0.39 is 5.91 Å². The lowest BCUT2D eigenvalue weighted by molar-refractivity contribution is -0.113. The van der Waals surface area contributed by atoms with Crippen LogP contribution >= 0.6 is 0 Å². The van der Waals surface area contributed by atoms with Crippen molar-refractivity contribution in [2.24, 2.45) is 10.7 Å². The average molecular weight is 124 g/mol. The van der Waals surface area contributed by atoms with E-state index in [1.807, 2.05) is 0 Å². The highest BCUT2D eigenvalue weighted by Gasteiger charge is 1.75. The van der Waals surface area contributed by atoms with Crippen molar-refractivity contribution in [1.82, 2.24) is 0 Å². The Morgan fingerprint density at radius 1 is 1.56 bits per heavy atom. The molecule has 0 spiro atoms. The number of carbonyl (C=O) groups is 1. The van der Waals surface area contributed by atoms with Gasteiger partial charge in [-0.2, -0.15) is 0 Å². The predicted molar refractivity (Wildman–Crippen MR) is 37.0 cm³/mol. The maximum Gasteiger partial charge on any atom is 0.241 e. The van der Waals surface area contributed by atoms with Crippen molar-refractivity contribution >= 4 is 12.6 Å². The molecule has 0 saturated carbocycles. The average Bonchev–Trinajstić information content (AvgIpc) is 1.80. The molecule has 0 aliphatic carbocycles. The molecular weight excluding hydrogens is 116 g/mol. The van der Waals surface area contributed by atoms with Gasteiger partial charge in [-0.1, -0.05) is 6.08 Å². The Kier molecular flexibility index (Phi) is 4.04. The Morgan fingerprint density at radius 2 is 2.22 bits per heavy atom. The normalized spacial score (nSPS) is 10.7. The summed E-state index contributed by atoms with van der Waals surface area (Å²) in [6.07, 6.45) is 5.76. The number of primary amides is 1. The molecule has 0 saturated heterocycles. The van der Waals surface area contributed by atoms with Crippen LogP contribution in [0.3, 0.4) is 0 Å². The Labute approximate surface area is 53.6 Å². The maximum absolute atomic E-state index is 10.0.